The van der Waals surface area contributed by atoms with E-state index in [0.29, 0.717) is 16.5 Å². The van der Waals surface area contributed by atoms with Gasteiger partial charge in [-0.05, 0) is 35.0 Å². The normalized spacial score (nSPS) is 10.9. The number of thioether (sulfide) groups is 1. The SMILES string of the molecule is O=C(O)c1[nH]nnc1CSc1ccc2cc(Cl)ccc2c1. The van der Waals surface area contributed by atoms with Crippen molar-refractivity contribution in [3.05, 3.63) is 52.8 Å². The van der Waals surface area contributed by atoms with Gasteiger partial charge in [-0.3, -0.25) is 5.10 Å². The van der Waals surface area contributed by atoms with E-state index < -0.39 is 5.97 Å². The Morgan fingerprint density at radius 2 is 2.00 bits per heavy atom. The smallest absolute Gasteiger partial charge is 0.355 e. The highest BCUT2D eigenvalue weighted by Crippen LogP contribution is 2.28. The molecule has 0 aliphatic rings. The minimum absolute atomic E-state index is 0.0371. The van der Waals surface area contributed by atoms with Gasteiger partial charge >= 0.3 is 5.97 Å². The van der Waals surface area contributed by atoms with Gasteiger partial charge in [-0.1, -0.05) is 28.9 Å². The summed E-state index contributed by atoms with van der Waals surface area (Å²) in [5, 5.41) is 21.6. The van der Waals surface area contributed by atoms with Gasteiger partial charge in [0.2, 0.25) is 0 Å². The fourth-order valence-electron chi connectivity index (χ4n) is 1.96. The van der Waals surface area contributed by atoms with Gasteiger partial charge in [0.1, 0.15) is 5.69 Å². The molecule has 0 radical (unpaired) electrons. The van der Waals surface area contributed by atoms with Crippen LogP contribution in [0, 0.1) is 0 Å². The van der Waals surface area contributed by atoms with Crippen molar-refractivity contribution >= 4 is 40.1 Å². The number of fused-ring (bicyclic) bond motifs is 1. The van der Waals surface area contributed by atoms with Crippen molar-refractivity contribution in [2.75, 3.05) is 0 Å². The van der Waals surface area contributed by atoms with Gasteiger partial charge in [0.25, 0.3) is 0 Å². The topological polar surface area (TPSA) is 78.9 Å². The zero-order valence-corrected chi connectivity index (χ0v) is 12.3. The van der Waals surface area contributed by atoms with Crippen LogP contribution in [0.1, 0.15) is 16.2 Å². The zero-order valence-electron chi connectivity index (χ0n) is 10.7. The first-order valence-electron chi connectivity index (χ1n) is 6.09. The van der Waals surface area contributed by atoms with E-state index in [1.54, 1.807) is 0 Å². The largest absolute Gasteiger partial charge is 0.476 e. The average Bonchev–Trinajstić information content (AvgIpc) is 2.93. The molecule has 0 aliphatic carbocycles. The van der Waals surface area contributed by atoms with Crippen molar-refractivity contribution < 1.29 is 9.90 Å². The van der Waals surface area contributed by atoms with Gasteiger partial charge in [0.15, 0.2) is 5.69 Å². The number of carbonyl (C=O) groups is 1. The summed E-state index contributed by atoms with van der Waals surface area (Å²) >= 11 is 7.46. The number of nitrogens with one attached hydrogen (secondary N) is 1. The maximum Gasteiger partial charge on any atom is 0.355 e. The number of aromatic amines is 1. The van der Waals surface area contributed by atoms with Gasteiger partial charge in [-0.25, -0.2) is 4.79 Å². The van der Waals surface area contributed by atoms with Crippen LogP contribution in [0.4, 0.5) is 0 Å². The van der Waals surface area contributed by atoms with E-state index in [1.807, 2.05) is 36.4 Å². The Bertz CT molecular complexity index is 819. The lowest BCUT2D eigenvalue weighted by Crippen LogP contribution is -2.00. The number of aromatic carboxylic acids is 1. The summed E-state index contributed by atoms with van der Waals surface area (Å²) in [6, 6.07) is 11.7. The van der Waals surface area contributed by atoms with Crippen LogP contribution >= 0.6 is 23.4 Å². The number of carboxylic acids is 1. The third kappa shape index (κ3) is 3.01. The summed E-state index contributed by atoms with van der Waals surface area (Å²) in [4.78, 5) is 12.0. The van der Waals surface area contributed by atoms with Crippen molar-refractivity contribution in [2.45, 2.75) is 10.6 Å². The molecule has 0 atom stereocenters. The summed E-state index contributed by atoms with van der Waals surface area (Å²) in [6.45, 7) is 0. The second-order valence-corrected chi connectivity index (χ2v) is 5.87. The van der Waals surface area contributed by atoms with E-state index in [1.165, 1.54) is 11.8 Å². The first-order valence-corrected chi connectivity index (χ1v) is 7.45. The number of nitrogens with zero attached hydrogens (tertiary/aromatic N) is 2. The third-order valence-electron chi connectivity index (χ3n) is 2.98. The molecule has 3 aromatic rings. The molecule has 7 heteroatoms. The second kappa shape index (κ2) is 5.75. The number of aromatic nitrogens is 3. The molecule has 1 aromatic heterocycles. The zero-order chi connectivity index (χ0) is 14.8. The Morgan fingerprint density at radius 1 is 1.24 bits per heavy atom. The Kier molecular flexibility index (Phi) is 3.81. The Hall–Kier alpha value is -2.05. The van der Waals surface area contributed by atoms with Gasteiger partial charge < -0.3 is 5.11 Å². The number of hydrogen-bond acceptors (Lipinski definition) is 4. The Labute approximate surface area is 129 Å². The lowest BCUT2D eigenvalue weighted by Gasteiger charge is -2.03. The van der Waals surface area contributed by atoms with Gasteiger partial charge in [-0.15, -0.1) is 16.9 Å². The first kappa shape index (κ1) is 13.9. The van der Waals surface area contributed by atoms with Gasteiger partial charge in [0.05, 0.1) is 0 Å². The summed E-state index contributed by atoms with van der Waals surface area (Å²) in [5.41, 5.74) is 0.471. The predicted molar refractivity (Wildman–Crippen MR) is 81.9 cm³/mol. The van der Waals surface area contributed by atoms with Crippen LogP contribution < -0.4 is 0 Å². The van der Waals surface area contributed by atoms with E-state index in [9.17, 15) is 4.79 Å². The molecule has 5 nitrogen and oxygen atoms in total. The van der Waals surface area contributed by atoms with Crippen LogP contribution in [-0.2, 0) is 5.75 Å². The maximum absolute atomic E-state index is 11.0. The van der Waals surface area contributed by atoms with E-state index >= 15 is 0 Å². The van der Waals surface area contributed by atoms with Crippen LogP contribution in [0.15, 0.2) is 41.3 Å². The lowest BCUT2D eigenvalue weighted by atomic mass is 10.1. The molecule has 0 fully saturated rings. The van der Waals surface area contributed by atoms with Crippen LogP contribution in [0.5, 0.6) is 0 Å². The van der Waals surface area contributed by atoms with Crippen molar-refractivity contribution in [3.8, 4) is 0 Å². The maximum atomic E-state index is 11.0. The van der Waals surface area contributed by atoms with Crippen LogP contribution in [0.25, 0.3) is 10.8 Å². The molecule has 0 saturated carbocycles. The molecule has 3 rings (SSSR count). The molecule has 0 amide bonds. The molecule has 106 valence electrons. The third-order valence-corrected chi connectivity index (χ3v) is 4.22. The fourth-order valence-corrected chi connectivity index (χ4v) is 3.02. The highest BCUT2D eigenvalue weighted by Gasteiger charge is 2.14. The van der Waals surface area contributed by atoms with Crippen LogP contribution in [0.2, 0.25) is 5.02 Å². The van der Waals surface area contributed by atoms with Crippen LogP contribution in [0.3, 0.4) is 0 Å². The van der Waals surface area contributed by atoms with Gasteiger partial charge in [-0.2, -0.15) is 0 Å². The number of rotatable bonds is 4. The Balaban J connectivity index is 1.80. The monoisotopic (exact) mass is 319 g/mol. The van der Waals surface area contributed by atoms with E-state index in [-0.39, 0.29) is 5.69 Å². The molecule has 0 unspecified atom stereocenters. The minimum Gasteiger partial charge on any atom is -0.476 e. The average molecular weight is 320 g/mol. The highest BCUT2D eigenvalue weighted by atomic mass is 35.5. The molecular formula is C14H10ClN3O2S. The molecule has 0 saturated heterocycles. The molecule has 0 bridgehead atoms. The van der Waals surface area contributed by atoms with E-state index in [2.05, 4.69) is 15.4 Å². The van der Waals surface area contributed by atoms with Crippen molar-refractivity contribution in [1.29, 1.82) is 0 Å². The quantitative estimate of drug-likeness (QED) is 0.718. The Morgan fingerprint density at radius 3 is 2.81 bits per heavy atom. The molecular weight excluding hydrogens is 310 g/mol. The van der Waals surface area contributed by atoms with Crippen LogP contribution in [-0.4, -0.2) is 26.5 Å². The predicted octanol–water partition coefficient (Wildman–Crippen LogP) is 3.60. The van der Waals surface area contributed by atoms with Crippen molar-refractivity contribution in [2.24, 2.45) is 0 Å². The summed E-state index contributed by atoms with van der Waals surface area (Å²) in [6.07, 6.45) is 0. The standard InChI is InChI=1S/C14H10ClN3O2S/c15-10-3-1-9-6-11(4-2-8(9)5-10)21-7-12-13(14(19)20)17-18-16-12/h1-6H,7H2,(H,19,20)(H,16,17,18). The number of halogens is 1. The van der Waals surface area contributed by atoms with E-state index in [4.69, 9.17) is 16.7 Å². The minimum atomic E-state index is -1.05. The number of benzene rings is 2. The van der Waals surface area contributed by atoms with E-state index in [0.717, 1.165) is 15.7 Å². The summed E-state index contributed by atoms with van der Waals surface area (Å²) in [5.74, 6) is -0.610. The molecule has 2 N–H and O–H groups in total. The lowest BCUT2D eigenvalue weighted by molar-refractivity contribution is 0.0689. The first-order chi connectivity index (χ1) is 10.1. The summed E-state index contributed by atoms with van der Waals surface area (Å²) in [7, 11) is 0. The molecule has 21 heavy (non-hydrogen) atoms. The second-order valence-electron chi connectivity index (χ2n) is 4.38. The molecule has 0 spiro atoms. The fraction of sp³-hybridized carbons (Fsp3) is 0.0714. The summed E-state index contributed by atoms with van der Waals surface area (Å²) < 4.78 is 0. The number of hydrogen-bond donors (Lipinski definition) is 2. The van der Waals surface area contributed by atoms with Gasteiger partial charge in [0, 0.05) is 15.7 Å². The highest BCUT2D eigenvalue weighted by molar-refractivity contribution is 7.98. The number of carboxylic acid groups (broad SMARTS) is 1. The molecule has 0 aliphatic heterocycles. The van der Waals surface area contributed by atoms with Crippen molar-refractivity contribution in [1.82, 2.24) is 15.4 Å². The van der Waals surface area contributed by atoms with Crippen molar-refractivity contribution in [3.63, 3.8) is 0 Å². The number of H-pyrrole nitrogens is 1. The molecule has 1 heterocycles. The molecule has 2 aromatic carbocycles.